The van der Waals surface area contributed by atoms with E-state index in [0.717, 1.165) is 6.21 Å². The van der Waals surface area contributed by atoms with Crippen LogP contribution < -0.4 is 19.6 Å². The molecular formula is C16H12ClN3O6. The van der Waals surface area contributed by atoms with Crippen molar-refractivity contribution < 1.29 is 23.9 Å². The molecule has 0 fully saturated rings. The average molecular weight is 378 g/mol. The van der Waals surface area contributed by atoms with E-state index < -0.39 is 10.8 Å². The summed E-state index contributed by atoms with van der Waals surface area (Å²) >= 11 is 5.88. The molecule has 0 atom stereocenters. The van der Waals surface area contributed by atoms with Crippen LogP contribution in [0.3, 0.4) is 0 Å². The highest BCUT2D eigenvalue weighted by atomic mass is 35.5. The molecule has 0 aliphatic carbocycles. The van der Waals surface area contributed by atoms with Gasteiger partial charge in [0.25, 0.3) is 11.6 Å². The minimum atomic E-state index is -0.580. The maximum absolute atomic E-state index is 12.2. The number of nitro groups is 1. The van der Waals surface area contributed by atoms with E-state index >= 15 is 0 Å². The van der Waals surface area contributed by atoms with Crippen LogP contribution in [0.15, 0.2) is 35.4 Å². The number of ether oxygens (including phenoxy) is 3. The van der Waals surface area contributed by atoms with E-state index in [9.17, 15) is 14.9 Å². The number of hydrazone groups is 1. The normalized spacial score (nSPS) is 12.2. The second kappa shape index (κ2) is 7.28. The van der Waals surface area contributed by atoms with Gasteiger partial charge >= 0.3 is 0 Å². The van der Waals surface area contributed by atoms with Crippen molar-refractivity contribution >= 4 is 29.4 Å². The van der Waals surface area contributed by atoms with Gasteiger partial charge in [-0.3, -0.25) is 14.9 Å². The summed E-state index contributed by atoms with van der Waals surface area (Å²) in [5.41, 5.74) is 2.38. The van der Waals surface area contributed by atoms with E-state index in [1.54, 1.807) is 12.1 Å². The molecule has 10 heteroatoms. The van der Waals surface area contributed by atoms with Gasteiger partial charge in [-0.25, -0.2) is 5.43 Å². The molecule has 0 saturated carbocycles. The van der Waals surface area contributed by atoms with Gasteiger partial charge in [0.15, 0.2) is 11.5 Å². The van der Waals surface area contributed by atoms with Gasteiger partial charge < -0.3 is 14.2 Å². The van der Waals surface area contributed by atoms with Crippen LogP contribution in [0.4, 0.5) is 5.69 Å². The molecule has 1 amide bonds. The van der Waals surface area contributed by atoms with Crippen molar-refractivity contribution in [3.8, 4) is 17.2 Å². The highest BCUT2D eigenvalue weighted by Gasteiger charge is 2.22. The van der Waals surface area contributed by atoms with Gasteiger partial charge in [0, 0.05) is 5.02 Å². The average Bonchev–Trinajstić information content (AvgIpc) is 3.08. The van der Waals surface area contributed by atoms with Crippen LogP contribution in [-0.4, -0.2) is 30.9 Å². The molecule has 1 N–H and O–H groups in total. The van der Waals surface area contributed by atoms with E-state index in [4.69, 9.17) is 25.8 Å². The Balaban J connectivity index is 1.82. The summed E-state index contributed by atoms with van der Waals surface area (Å²) in [6.07, 6.45) is 1.15. The van der Waals surface area contributed by atoms with Crippen LogP contribution in [0.25, 0.3) is 0 Å². The summed E-state index contributed by atoms with van der Waals surface area (Å²) in [6, 6.07) is 7.20. The van der Waals surface area contributed by atoms with Crippen molar-refractivity contribution in [2.24, 2.45) is 5.10 Å². The zero-order chi connectivity index (χ0) is 18.7. The number of hydrogen-bond acceptors (Lipinski definition) is 7. The number of carbonyl (C=O) groups excluding carboxylic acids is 1. The minimum absolute atomic E-state index is 0.0155. The molecule has 0 radical (unpaired) electrons. The van der Waals surface area contributed by atoms with Gasteiger partial charge in [-0.1, -0.05) is 11.6 Å². The third-order valence-electron chi connectivity index (χ3n) is 3.49. The number of amides is 1. The van der Waals surface area contributed by atoms with Crippen LogP contribution in [0.2, 0.25) is 5.02 Å². The largest absolute Gasteiger partial charge is 0.496 e. The molecular weight excluding hydrogens is 366 g/mol. The number of hydrogen-bond donors (Lipinski definition) is 1. The van der Waals surface area contributed by atoms with Gasteiger partial charge in [0.2, 0.25) is 6.79 Å². The molecule has 134 valence electrons. The van der Waals surface area contributed by atoms with Gasteiger partial charge in [-0.15, -0.1) is 0 Å². The van der Waals surface area contributed by atoms with Crippen molar-refractivity contribution in [3.63, 3.8) is 0 Å². The SMILES string of the molecule is COc1ccc(Cl)cc1C(=O)NN=Cc1cc2c(cc1[N+](=O)[O-])OCO2. The quantitative estimate of drug-likeness (QED) is 0.487. The van der Waals surface area contributed by atoms with E-state index in [1.165, 1.54) is 25.3 Å². The summed E-state index contributed by atoms with van der Waals surface area (Å²) < 4.78 is 15.4. The first-order chi connectivity index (χ1) is 12.5. The predicted octanol–water partition coefficient (Wildman–Crippen LogP) is 2.75. The van der Waals surface area contributed by atoms with Gasteiger partial charge in [0.05, 0.1) is 35.4 Å². The van der Waals surface area contributed by atoms with Crippen molar-refractivity contribution in [2.45, 2.75) is 0 Å². The first-order valence-corrected chi connectivity index (χ1v) is 7.62. The lowest BCUT2D eigenvalue weighted by molar-refractivity contribution is -0.385. The topological polar surface area (TPSA) is 112 Å². The first kappa shape index (κ1) is 17.5. The Kier molecular flexibility index (Phi) is 4.90. The number of methoxy groups -OCH3 is 1. The molecule has 0 bridgehead atoms. The molecule has 2 aromatic rings. The molecule has 1 aliphatic rings. The monoisotopic (exact) mass is 377 g/mol. The van der Waals surface area contributed by atoms with E-state index in [2.05, 4.69) is 10.5 Å². The lowest BCUT2D eigenvalue weighted by Gasteiger charge is -2.07. The van der Waals surface area contributed by atoms with E-state index in [1.807, 2.05) is 0 Å². The number of nitrogens with one attached hydrogen (secondary N) is 1. The van der Waals surface area contributed by atoms with Crippen molar-refractivity contribution in [1.82, 2.24) is 5.43 Å². The fourth-order valence-corrected chi connectivity index (χ4v) is 2.46. The summed E-state index contributed by atoms with van der Waals surface area (Å²) in [4.78, 5) is 22.8. The van der Waals surface area contributed by atoms with Crippen LogP contribution in [0.1, 0.15) is 15.9 Å². The molecule has 3 rings (SSSR count). The highest BCUT2D eigenvalue weighted by molar-refractivity contribution is 6.31. The molecule has 0 unspecified atom stereocenters. The number of nitrogens with zero attached hydrogens (tertiary/aromatic N) is 2. The molecule has 0 saturated heterocycles. The van der Waals surface area contributed by atoms with Crippen LogP contribution in [0, 0.1) is 10.1 Å². The Hall–Kier alpha value is -3.33. The third kappa shape index (κ3) is 3.52. The van der Waals surface area contributed by atoms with Gasteiger partial charge in [0.1, 0.15) is 5.75 Å². The van der Waals surface area contributed by atoms with Crippen LogP contribution in [0.5, 0.6) is 17.2 Å². The second-order valence-corrected chi connectivity index (χ2v) is 5.50. The standard InChI is InChI=1S/C16H12ClN3O6/c1-24-13-3-2-10(17)5-11(13)16(21)19-18-7-9-4-14-15(26-8-25-14)6-12(9)20(22)23/h2-7H,8H2,1H3,(H,19,21). The number of nitro benzene ring substituents is 1. The Labute approximate surface area is 152 Å². The first-order valence-electron chi connectivity index (χ1n) is 7.24. The Morgan fingerprint density at radius 3 is 2.77 bits per heavy atom. The summed E-state index contributed by atoms with van der Waals surface area (Å²) in [5, 5.41) is 15.3. The third-order valence-corrected chi connectivity index (χ3v) is 3.73. The number of benzene rings is 2. The molecule has 1 aliphatic heterocycles. The van der Waals surface area contributed by atoms with Crippen LogP contribution in [-0.2, 0) is 0 Å². The molecule has 0 aromatic heterocycles. The van der Waals surface area contributed by atoms with Gasteiger partial charge in [-0.05, 0) is 24.3 Å². The second-order valence-electron chi connectivity index (χ2n) is 5.07. The van der Waals surface area contributed by atoms with Gasteiger partial charge in [-0.2, -0.15) is 5.10 Å². The Bertz CT molecular complexity index is 915. The zero-order valence-electron chi connectivity index (χ0n) is 13.4. The number of halogens is 1. The minimum Gasteiger partial charge on any atom is -0.496 e. The molecule has 0 spiro atoms. The van der Waals surface area contributed by atoms with Crippen molar-refractivity contribution in [3.05, 3.63) is 56.6 Å². The summed E-state index contributed by atoms with van der Waals surface area (Å²) in [7, 11) is 1.42. The Morgan fingerprint density at radius 1 is 1.35 bits per heavy atom. The predicted molar refractivity (Wildman–Crippen MR) is 92.3 cm³/mol. The number of carbonyl (C=O) groups is 1. The van der Waals surface area contributed by atoms with Crippen molar-refractivity contribution in [2.75, 3.05) is 13.9 Å². The maximum Gasteiger partial charge on any atom is 0.282 e. The summed E-state index contributed by atoms with van der Waals surface area (Å²) in [6.45, 7) is -0.0155. The fourth-order valence-electron chi connectivity index (χ4n) is 2.29. The van der Waals surface area contributed by atoms with E-state index in [0.29, 0.717) is 16.5 Å². The summed E-state index contributed by atoms with van der Waals surface area (Å²) in [5.74, 6) is 0.376. The lowest BCUT2D eigenvalue weighted by Crippen LogP contribution is -2.18. The number of fused-ring (bicyclic) bond motifs is 1. The number of rotatable bonds is 5. The Morgan fingerprint density at radius 2 is 2.08 bits per heavy atom. The fraction of sp³-hybridized carbons (Fsp3) is 0.125. The molecule has 9 nitrogen and oxygen atoms in total. The highest BCUT2D eigenvalue weighted by Crippen LogP contribution is 2.37. The molecule has 26 heavy (non-hydrogen) atoms. The van der Waals surface area contributed by atoms with Crippen LogP contribution >= 0.6 is 11.6 Å². The van der Waals surface area contributed by atoms with Crippen molar-refractivity contribution in [1.29, 1.82) is 0 Å². The smallest absolute Gasteiger partial charge is 0.282 e. The van der Waals surface area contributed by atoms with E-state index in [-0.39, 0.29) is 29.4 Å². The maximum atomic E-state index is 12.2. The zero-order valence-corrected chi connectivity index (χ0v) is 14.1. The molecule has 2 aromatic carbocycles. The lowest BCUT2D eigenvalue weighted by atomic mass is 10.1. The molecule has 1 heterocycles.